The van der Waals surface area contributed by atoms with Gasteiger partial charge in [0.05, 0.1) is 5.69 Å². The topological polar surface area (TPSA) is 38.9 Å². The van der Waals surface area contributed by atoms with Gasteiger partial charge in [-0.15, -0.1) is 0 Å². The van der Waals surface area contributed by atoms with Crippen molar-refractivity contribution < 1.29 is 4.42 Å². The molecule has 1 aliphatic rings. The van der Waals surface area contributed by atoms with Crippen LogP contribution in [0.2, 0.25) is 0 Å². The fourth-order valence-corrected chi connectivity index (χ4v) is 2.63. The van der Waals surface area contributed by atoms with Gasteiger partial charge in [0.2, 0.25) is 0 Å². The Kier molecular flexibility index (Phi) is 3.46. The molecule has 3 rings (SSSR count). The Morgan fingerprint density at radius 2 is 2.00 bits per heavy atom. The molecular weight excluding hydrogens is 292 g/mol. The molecule has 2 aromatic heterocycles. The Labute approximate surface area is 115 Å². The predicted molar refractivity (Wildman–Crippen MR) is 72.8 cm³/mol. The first kappa shape index (κ1) is 11.9. The molecule has 1 saturated carbocycles. The van der Waals surface area contributed by atoms with Crippen molar-refractivity contribution in [1.29, 1.82) is 0 Å². The molecule has 2 heterocycles. The lowest BCUT2D eigenvalue weighted by molar-refractivity contribution is 0.502. The van der Waals surface area contributed by atoms with Crippen molar-refractivity contribution in [3.8, 4) is 11.4 Å². The number of hydrogen-bond donors (Lipinski definition) is 0. The van der Waals surface area contributed by atoms with Crippen LogP contribution in [0, 0.1) is 5.92 Å². The number of aromatic nitrogens is 2. The van der Waals surface area contributed by atoms with Crippen molar-refractivity contribution in [3.05, 3.63) is 40.9 Å². The van der Waals surface area contributed by atoms with Crippen LogP contribution in [0.1, 0.15) is 31.4 Å². The van der Waals surface area contributed by atoms with Crippen LogP contribution < -0.4 is 0 Å². The van der Waals surface area contributed by atoms with Crippen LogP contribution in [-0.2, 0) is 6.42 Å². The number of halogens is 1. The molecule has 1 aliphatic carbocycles. The fraction of sp³-hybridized carbons (Fsp3) is 0.357. The summed E-state index contributed by atoms with van der Waals surface area (Å²) in [7, 11) is 0. The van der Waals surface area contributed by atoms with E-state index in [0.717, 1.165) is 28.0 Å². The van der Waals surface area contributed by atoms with Crippen molar-refractivity contribution in [1.82, 2.24) is 9.97 Å². The number of nitrogens with zero attached hydrogens (tertiary/aromatic N) is 2. The third-order valence-corrected chi connectivity index (χ3v) is 3.80. The summed E-state index contributed by atoms with van der Waals surface area (Å²) >= 11 is 3.39. The molecular formula is C14H14BrN2O. The van der Waals surface area contributed by atoms with Crippen molar-refractivity contribution in [2.45, 2.75) is 32.1 Å². The molecule has 0 atom stereocenters. The Hall–Kier alpha value is -1.16. The van der Waals surface area contributed by atoms with Gasteiger partial charge in [0.15, 0.2) is 6.39 Å². The lowest BCUT2D eigenvalue weighted by Gasteiger charge is -2.06. The molecule has 0 spiro atoms. The average Bonchev–Trinajstić information content (AvgIpc) is 3.02. The zero-order chi connectivity index (χ0) is 12.4. The van der Waals surface area contributed by atoms with E-state index >= 15 is 0 Å². The van der Waals surface area contributed by atoms with Crippen LogP contribution in [0.3, 0.4) is 0 Å². The van der Waals surface area contributed by atoms with E-state index in [4.69, 9.17) is 4.42 Å². The normalized spacial score (nSPS) is 16.3. The summed E-state index contributed by atoms with van der Waals surface area (Å²) in [6, 6.07) is 3.94. The molecule has 2 aromatic rings. The van der Waals surface area contributed by atoms with Crippen LogP contribution in [0.15, 0.2) is 33.6 Å². The monoisotopic (exact) mass is 305 g/mol. The van der Waals surface area contributed by atoms with E-state index in [2.05, 4.69) is 25.9 Å². The summed E-state index contributed by atoms with van der Waals surface area (Å²) in [5.74, 6) is 2.52. The Morgan fingerprint density at radius 1 is 1.17 bits per heavy atom. The van der Waals surface area contributed by atoms with E-state index in [0.29, 0.717) is 0 Å². The summed E-state index contributed by atoms with van der Waals surface area (Å²) in [5, 5.41) is 0. The van der Waals surface area contributed by atoms with Crippen LogP contribution in [-0.4, -0.2) is 9.97 Å². The Balaban J connectivity index is 1.84. The largest absolute Gasteiger partial charge is 0.448 e. The molecule has 0 N–H and O–H groups in total. The van der Waals surface area contributed by atoms with Crippen molar-refractivity contribution >= 4 is 15.9 Å². The van der Waals surface area contributed by atoms with Crippen molar-refractivity contribution in [3.63, 3.8) is 0 Å². The SMILES string of the molecule is Brc1ccc(-c2ncoc2C[C]2CCCC2)nc1. The summed E-state index contributed by atoms with van der Waals surface area (Å²) < 4.78 is 6.50. The van der Waals surface area contributed by atoms with Gasteiger partial charge in [-0.25, -0.2) is 4.98 Å². The van der Waals surface area contributed by atoms with E-state index in [1.54, 1.807) is 12.1 Å². The van der Waals surface area contributed by atoms with Crippen molar-refractivity contribution in [2.24, 2.45) is 0 Å². The Bertz CT molecular complexity index is 515. The van der Waals surface area contributed by atoms with Gasteiger partial charge in [0, 0.05) is 17.1 Å². The van der Waals surface area contributed by atoms with E-state index in [9.17, 15) is 0 Å². The van der Waals surface area contributed by atoms with Gasteiger partial charge in [-0.1, -0.05) is 12.8 Å². The maximum atomic E-state index is 5.53. The highest BCUT2D eigenvalue weighted by molar-refractivity contribution is 9.10. The number of pyridine rings is 1. The molecule has 93 valence electrons. The summed E-state index contributed by atoms with van der Waals surface area (Å²) in [4.78, 5) is 8.68. The second kappa shape index (κ2) is 5.22. The highest BCUT2D eigenvalue weighted by atomic mass is 79.9. The first-order valence-electron chi connectivity index (χ1n) is 6.21. The number of rotatable bonds is 3. The van der Waals surface area contributed by atoms with E-state index in [1.807, 2.05) is 12.1 Å². The van der Waals surface area contributed by atoms with Gasteiger partial charge in [-0.3, -0.25) is 4.98 Å². The fourth-order valence-electron chi connectivity index (χ4n) is 2.40. The van der Waals surface area contributed by atoms with Crippen LogP contribution in [0.4, 0.5) is 0 Å². The molecule has 0 aromatic carbocycles. The zero-order valence-corrected chi connectivity index (χ0v) is 11.6. The molecule has 1 fully saturated rings. The highest BCUT2D eigenvalue weighted by Gasteiger charge is 2.21. The summed E-state index contributed by atoms with van der Waals surface area (Å²) in [6.07, 6.45) is 9.31. The smallest absolute Gasteiger partial charge is 0.181 e. The van der Waals surface area contributed by atoms with Gasteiger partial charge in [0.25, 0.3) is 0 Å². The minimum Gasteiger partial charge on any atom is -0.448 e. The predicted octanol–water partition coefficient (Wildman–Crippen LogP) is 4.19. The zero-order valence-electron chi connectivity index (χ0n) is 10.0. The lowest BCUT2D eigenvalue weighted by Crippen LogP contribution is -1.97. The molecule has 0 amide bonds. The molecule has 0 saturated heterocycles. The van der Waals surface area contributed by atoms with Crippen LogP contribution >= 0.6 is 15.9 Å². The minimum atomic E-state index is 0.876. The third kappa shape index (κ3) is 2.48. The van der Waals surface area contributed by atoms with Gasteiger partial charge >= 0.3 is 0 Å². The van der Waals surface area contributed by atoms with Crippen LogP contribution in [0.25, 0.3) is 11.4 Å². The average molecular weight is 306 g/mol. The highest BCUT2D eigenvalue weighted by Crippen LogP contribution is 2.32. The molecule has 18 heavy (non-hydrogen) atoms. The first-order valence-corrected chi connectivity index (χ1v) is 7.00. The standard InChI is InChI=1S/C14H14BrN2O/c15-11-5-6-12(16-8-11)14-13(18-9-17-14)7-10-3-1-2-4-10/h5-6,8-9H,1-4,7H2. The summed E-state index contributed by atoms with van der Waals surface area (Å²) in [6.45, 7) is 0. The molecule has 1 radical (unpaired) electrons. The number of oxazole rings is 1. The van der Waals surface area contributed by atoms with Crippen molar-refractivity contribution in [2.75, 3.05) is 0 Å². The van der Waals surface area contributed by atoms with Gasteiger partial charge < -0.3 is 4.42 Å². The van der Waals surface area contributed by atoms with Gasteiger partial charge in [0.1, 0.15) is 11.5 Å². The molecule has 0 bridgehead atoms. The molecule has 3 nitrogen and oxygen atoms in total. The minimum absolute atomic E-state index is 0.876. The van der Waals surface area contributed by atoms with E-state index in [1.165, 1.54) is 32.1 Å². The number of hydrogen-bond acceptors (Lipinski definition) is 3. The quantitative estimate of drug-likeness (QED) is 0.853. The maximum Gasteiger partial charge on any atom is 0.181 e. The Morgan fingerprint density at radius 3 is 2.72 bits per heavy atom. The lowest BCUT2D eigenvalue weighted by atomic mass is 10.0. The first-order chi connectivity index (χ1) is 8.83. The maximum absolute atomic E-state index is 5.53. The molecule has 0 unspecified atom stereocenters. The van der Waals surface area contributed by atoms with Crippen LogP contribution in [0.5, 0.6) is 0 Å². The molecule has 0 aliphatic heterocycles. The summed E-state index contributed by atoms with van der Waals surface area (Å²) in [5.41, 5.74) is 1.75. The van der Waals surface area contributed by atoms with E-state index < -0.39 is 0 Å². The van der Waals surface area contributed by atoms with Gasteiger partial charge in [-0.05, 0) is 46.8 Å². The second-order valence-electron chi connectivity index (χ2n) is 4.62. The van der Waals surface area contributed by atoms with E-state index in [-0.39, 0.29) is 0 Å². The molecule has 4 heteroatoms. The van der Waals surface area contributed by atoms with Gasteiger partial charge in [-0.2, -0.15) is 0 Å². The third-order valence-electron chi connectivity index (χ3n) is 3.33. The second-order valence-corrected chi connectivity index (χ2v) is 5.54.